The fourth-order valence-corrected chi connectivity index (χ4v) is 4.26. The van der Waals surface area contributed by atoms with Gasteiger partial charge in [0.15, 0.2) is 9.84 Å². The Morgan fingerprint density at radius 3 is 2.66 bits per heavy atom. The van der Waals surface area contributed by atoms with E-state index in [4.69, 9.17) is 4.65 Å². The minimum Gasteiger partial charge on any atom is -0.423 e. The topological polar surface area (TPSA) is 92.7 Å². The zero-order valence-electron chi connectivity index (χ0n) is 16.9. The van der Waals surface area contributed by atoms with E-state index in [0.29, 0.717) is 11.0 Å². The smallest absolute Gasteiger partial charge is 0.423 e. The predicted molar refractivity (Wildman–Crippen MR) is 114 cm³/mol. The van der Waals surface area contributed by atoms with Crippen LogP contribution < -0.4 is 10.8 Å². The number of nitrogens with one attached hydrogen (secondary N) is 1. The van der Waals surface area contributed by atoms with E-state index in [-0.39, 0.29) is 28.2 Å². The van der Waals surface area contributed by atoms with Gasteiger partial charge in [-0.2, -0.15) is 0 Å². The maximum Gasteiger partial charge on any atom is 0.491 e. The number of carbonyl (C=O) groups is 1. The first-order chi connectivity index (χ1) is 15.1. The van der Waals surface area contributed by atoms with E-state index in [1.165, 1.54) is 30.3 Å². The van der Waals surface area contributed by atoms with Crippen molar-refractivity contribution in [2.45, 2.75) is 17.5 Å². The number of rotatable bonds is 5. The molecule has 1 aliphatic rings. The summed E-state index contributed by atoms with van der Waals surface area (Å²) in [6.45, 7) is 0.135. The molecule has 0 bridgehead atoms. The zero-order valence-corrected chi connectivity index (χ0v) is 17.7. The number of fused-ring (bicyclic) bond motifs is 1. The van der Waals surface area contributed by atoms with Gasteiger partial charge in [-0.3, -0.25) is 4.79 Å². The molecule has 164 valence electrons. The fourth-order valence-electron chi connectivity index (χ4n) is 3.59. The van der Waals surface area contributed by atoms with Gasteiger partial charge in [0.05, 0.1) is 17.5 Å². The highest BCUT2D eigenvalue weighted by Crippen LogP contribution is 2.28. The minimum atomic E-state index is -3.57. The highest BCUT2D eigenvalue weighted by atomic mass is 32.2. The van der Waals surface area contributed by atoms with Crippen molar-refractivity contribution in [2.75, 3.05) is 6.26 Å². The SMILES string of the molecule is CS(=O)(=O)c1cccc(C(NC(=O)c2ccc3c(c2)COB3O)c2cc(F)ccc2F)c1. The lowest BCUT2D eigenvalue weighted by atomic mass is 9.79. The van der Waals surface area contributed by atoms with Crippen molar-refractivity contribution in [1.82, 2.24) is 5.32 Å². The number of hydrogen-bond acceptors (Lipinski definition) is 5. The molecule has 10 heteroatoms. The van der Waals surface area contributed by atoms with Gasteiger partial charge in [0.25, 0.3) is 5.91 Å². The molecule has 1 amide bonds. The van der Waals surface area contributed by atoms with Gasteiger partial charge in [-0.05, 0) is 59.1 Å². The molecule has 1 atom stereocenters. The first-order valence-corrected chi connectivity index (χ1v) is 11.5. The summed E-state index contributed by atoms with van der Waals surface area (Å²) >= 11 is 0. The maximum absolute atomic E-state index is 14.6. The molecule has 3 aromatic carbocycles. The van der Waals surface area contributed by atoms with Crippen LogP contribution in [0, 0.1) is 11.6 Å². The Labute approximate surface area is 183 Å². The van der Waals surface area contributed by atoms with Crippen LogP contribution in [0.1, 0.15) is 33.1 Å². The van der Waals surface area contributed by atoms with Gasteiger partial charge in [0.2, 0.25) is 0 Å². The molecule has 0 saturated carbocycles. The van der Waals surface area contributed by atoms with Crippen molar-refractivity contribution in [2.24, 2.45) is 0 Å². The highest BCUT2D eigenvalue weighted by molar-refractivity contribution is 7.90. The average Bonchev–Trinajstić information content (AvgIpc) is 3.13. The Morgan fingerprint density at radius 2 is 1.91 bits per heavy atom. The Balaban J connectivity index is 1.75. The van der Waals surface area contributed by atoms with Crippen LogP contribution in [0.3, 0.4) is 0 Å². The van der Waals surface area contributed by atoms with Gasteiger partial charge in [-0.15, -0.1) is 0 Å². The third-order valence-electron chi connectivity index (χ3n) is 5.23. The monoisotopic (exact) mass is 457 g/mol. The number of amides is 1. The Kier molecular flexibility index (Phi) is 5.85. The molecular weight excluding hydrogens is 439 g/mol. The van der Waals surface area contributed by atoms with E-state index in [1.807, 2.05) is 0 Å². The van der Waals surface area contributed by atoms with Crippen molar-refractivity contribution in [1.29, 1.82) is 0 Å². The van der Waals surface area contributed by atoms with Crippen LogP contribution in [-0.2, 0) is 21.1 Å². The van der Waals surface area contributed by atoms with E-state index in [0.717, 1.165) is 24.5 Å². The highest BCUT2D eigenvalue weighted by Gasteiger charge is 2.29. The summed E-state index contributed by atoms with van der Waals surface area (Å²) in [7, 11) is -4.63. The zero-order chi connectivity index (χ0) is 23.0. The lowest BCUT2D eigenvalue weighted by molar-refractivity contribution is 0.0942. The van der Waals surface area contributed by atoms with E-state index in [1.54, 1.807) is 12.1 Å². The molecule has 1 aliphatic heterocycles. The van der Waals surface area contributed by atoms with Gasteiger partial charge < -0.3 is 15.0 Å². The van der Waals surface area contributed by atoms with E-state index < -0.39 is 40.5 Å². The number of hydrogen-bond donors (Lipinski definition) is 2. The standard InChI is InChI=1S/C22H18BF2NO5S/c1-32(29,30)17-4-2-3-13(10-17)21(18-11-16(24)6-8-20(18)25)26-22(27)14-5-7-19-15(9-14)12-31-23(19)28/h2-11,21,28H,12H2,1H3,(H,26,27). The molecular formula is C22H18BF2NO5S. The Bertz CT molecular complexity index is 1320. The Hall–Kier alpha value is -3.08. The normalized spacial score (nSPS) is 14.2. The quantitative estimate of drug-likeness (QED) is 0.573. The second-order valence-electron chi connectivity index (χ2n) is 7.49. The van der Waals surface area contributed by atoms with Crippen LogP contribution in [-0.4, -0.2) is 32.7 Å². The molecule has 0 spiro atoms. The minimum absolute atomic E-state index is 0.0188. The average molecular weight is 457 g/mol. The lowest BCUT2D eigenvalue weighted by Gasteiger charge is -2.21. The first-order valence-electron chi connectivity index (χ1n) is 9.62. The van der Waals surface area contributed by atoms with Gasteiger partial charge in [-0.25, -0.2) is 17.2 Å². The van der Waals surface area contributed by atoms with E-state index in [9.17, 15) is 27.0 Å². The number of sulfone groups is 1. The third kappa shape index (κ3) is 4.43. The number of benzene rings is 3. The van der Waals surface area contributed by atoms with Gasteiger partial charge in [0.1, 0.15) is 11.6 Å². The summed E-state index contributed by atoms with van der Waals surface area (Å²) < 4.78 is 57.7. The van der Waals surface area contributed by atoms with Crippen LogP contribution in [0.5, 0.6) is 0 Å². The van der Waals surface area contributed by atoms with Crippen LogP contribution >= 0.6 is 0 Å². The van der Waals surface area contributed by atoms with Gasteiger partial charge in [-0.1, -0.05) is 18.2 Å². The molecule has 3 aromatic rings. The van der Waals surface area contributed by atoms with Crippen molar-refractivity contribution < 1.29 is 31.7 Å². The Morgan fingerprint density at radius 1 is 1.12 bits per heavy atom. The molecule has 32 heavy (non-hydrogen) atoms. The lowest BCUT2D eigenvalue weighted by Crippen LogP contribution is -2.31. The fraction of sp³-hybridized carbons (Fsp3) is 0.136. The summed E-state index contributed by atoms with van der Waals surface area (Å²) in [5.74, 6) is -2.05. The largest absolute Gasteiger partial charge is 0.491 e. The summed E-state index contributed by atoms with van der Waals surface area (Å²) in [5, 5.41) is 12.4. The first kappa shape index (κ1) is 22.1. The van der Waals surface area contributed by atoms with Crippen LogP contribution in [0.15, 0.2) is 65.6 Å². The van der Waals surface area contributed by atoms with Gasteiger partial charge >= 0.3 is 7.12 Å². The molecule has 0 aromatic heterocycles. The molecule has 0 aliphatic carbocycles. The molecule has 1 unspecified atom stereocenters. The maximum atomic E-state index is 14.6. The molecule has 4 rings (SSSR count). The van der Waals surface area contributed by atoms with Crippen LogP contribution in [0.2, 0.25) is 0 Å². The molecule has 2 N–H and O–H groups in total. The van der Waals surface area contributed by atoms with Crippen molar-refractivity contribution in [3.05, 3.63) is 94.6 Å². The third-order valence-corrected chi connectivity index (χ3v) is 6.34. The molecule has 0 saturated heterocycles. The van der Waals surface area contributed by atoms with Crippen molar-refractivity contribution in [3.8, 4) is 0 Å². The van der Waals surface area contributed by atoms with Crippen LogP contribution in [0.4, 0.5) is 8.78 Å². The summed E-state index contributed by atoms with van der Waals surface area (Å²) in [4.78, 5) is 13.0. The predicted octanol–water partition coefficient (Wildman–Crippen LogP) is 2.11. The molecule has 1 heterocycles. The summed E-state index contributed by atoms with van der Waals surface area (Å²) in [6.07, 6.45) is 1.03. The van der Waals surface area contributed by atoms with Crippen molar-refractivity contribution in [3.63, 3.8) is 0 Å². The van der Waals surface area contributed by atoms with Crippen LogP contribution in [0.25, 0.3) is 0 Å². The summed E-state index contributed by atoms with van der Waals surface area (Å²) in [5.41, 5.74) is 1.53. The second kappa shape index (κ2) is 8.46. The molecule has 0 fully saturated rings. The molecule has 6 nitrogen and oxygen atoms in total. The second-order valence-corrected chi connectivity index (χ2v) is 9.51. The van der Waals surface area contributed by atoms with Crippen molar-refractivity contribution >= 4 is 28.3 Å². The number of carbonyl (C=O) groups excluding carboxylic acids is 1. The molecule has 0 radical (unpaired) electrons. The summed E-state index contributed by atoms with van der Waals surface area (Å²) in [6, 6.07) is 12.0. The van der Waals surface area contributed by atoms with E-state index in [2.05, 4.69) is 5.32 Å². The van der Waals surface area contributed by atoms with Gasteiger partial charge in [0, 0.05) is 17.4 Å². The van der Waals surface area contributed by atoms with E-state index >= 15 is 0 Å². The number of halogens is 2.